The standard InChI is InChI=1S/C32H28N6O3/c33-27-24(7-4-14-34-27)28-37-26-13-12-25(19-5-2-1-3-6-19)36-29(26)38(28)23-10-8-22(9-11-23)35-30(39)20-15-32(16-20)17-21(18-32)31(40)41/h1-14,20-21H,15-18H2,(H2,33,34)(H,35,39)(H,40,41). The van der Waals surface area contributed by atoms with Crippen LogP contribution in [0, 0.1) is 17.3 Å². The van der Waals surface area contributed by atoms with E-state index in [4.69, 9.17) is 20.8 Å². The van der Waals surface area contributed by atoms with Gasteiger partial charge in [0.2, 0.25) is 5.91 Å². The highest BCUT2D eigenvalue weighted by molar-refractivity contribution is 5.93. The molecule has 3 heterocycles. The third-order valence-electron chi connectivity index (χ3n) is 8.48. The van der Waals surface area contributed by atoms with Gasteiger partial charge in [-0.3, -0.25) is 14.2 Å². The molecule has 7 rings (SSSR count). The summed E-state index contributed by atoms with van der Waals surface area (Å²) >= 11 is 0. The summed E-state index contributed by atoms with van der Waals surface area (Å²) < 4.78 is 1.96. The Morgan fingerprint density at radius 3 is 2.32 bits per heavy atom. The average Bonchev–Trinajstić information content (AvgIpc) is 3.31. The number of carbonyl (C=O) groups excluding carboxylic acids is 1. The molecule has 1 amide bonds. The third-order valence-corrected chi connectivity index (χ3v) is 8.48. The first-order valence-electron chi connectivity index (χ1n) is 13.7. The average molecular weight is 545 g/mol. The lowest BCUT2D eigenvalue weighted by atomic mass is 9.48. The van der Waals surface area contributed by atoms with Gasteiger partial charge in [0.25, 0.3) is 0 Å². The molecule has 9 heteroatoms. The zero-order valence-corrected chi connectivity index (χ0v) is 22.2. The van der Waals surface area contributed by atoms with Crippen molar-refractivity contribution in [2.24, 2.45) is 17.3 Å². The van der Waals surface area contributed by atoms with Crippen molar-refractivity contribution in [1.82, 2.24) is 19.5 Å². The zero-order valence-electron chi connectivity index (χ0n) is 22.2. The second-order valence-corrected chi connectivity index (χ2v) is 11.2. The number of hydrogen-bond acceptors (Lipinski definition) is 6. The van der Waals surface area contributed by atoms with Gasteiger partial charge in [-0.15, -0.1) is 0 Å². The van der Waals surface area contributed by atoms with E-state index < -0.39 is 5.97 Å². The minimum absolute atomic E-state index is 0.0202. The number of anilines is 2. The first-order chi connectivity index (χ1) is 19.9. The van der Waals surface area contributed by atoms with Gasteiger partial charge in [0.15, 0.2) is 11.5 Å². The molecule has 0 radical (unpaired) electrons. The zero-order chi connectivity index (χ0) is 28.1. The molecule has 0 bridgehead atoms. The molecule has 5 aromatic rings. The predicted molar refractivity (Wildman–Crippen MR) is 156 cm³/mol. The lowest BCUT2D eigenvalue weighted by Crippen LogP contribution is -2.52. The quantitative estimate of drug-likeness (QED) is 0.255. The van der Waals surface area contributed by atoms with Crippen LogP contribution in [0.3, 0.4) is 0 Å². The van der Waals surface area contributed by atoms with E-state index >= 15 is 0 Å². The first-order valence-corrected chi connectivity index (χ1v) is 13.7. The molecule has 2 aromatic carbocycles. The van der Waals surface area contributed by atoms with Crippen molar-refractivity contribution in [1.29, 1.82) is 0 Å². The molecule has 2 aliphatic rings. The van der Waals surface area contributed by atoms with E-state index in [1.165, 1.54) is 0 Å². The van der Waals surface area contributed by atoms with Gasteiger partial charge in [-0.1, -0.05) is 30.3 Å². The van der Waals surface area contributed by atoms with Crippen LogP contribution in [0.2, 0.25) is 0 Å². The highest BCUT2D eigenvalue weighted by Crippen LogP contribution is 2.61. The monoisotopic (exact) mass is 544 g/mol. The molecule has 41 heavy (non-hydrogen) atoms. The third kappa shape index (κ3) is 4.39. The number of carboxylic acid groups (broad SMARTS) is 1. The van der Waals surface area contributed by atoms with Crippen LogP contribution < -0.4 is 11.1 Å². The number of carbonyl (C=O) groups is 2. The van der Waals surface area contributed by atoms with Gasteiger partial charge in [-0.25, -0.2) is 15.0 Å². The van der Waals surface area contributed by atoms with E-state index in [1.54, 1.807) is 6.20 Å². The summed E-state index contributed by atoms with van der Waals surface area (Å²) in [5, 5.41) is 12.2. The molecule has 0 atom stereocenters. The smallest absolute Gasteiger partial charge is 0.306 e. The maximum Gasteiger partial charge on any atom is 0.306 e. The van der Waals surface area contributed by atoms with E-state index in [1.807, 2.05) is 83.4 Å². The van der Waals surface area contributed by atoms with Crippen LogP contribution in [0.4, 0.5) is 11.5 Å². The highest BCUT2D eigenvalue weighted by Gasteiger charge is 2.56. The van der Waals surface area contributed by atoms with Crippen molar-refractivity contribution >= 4 is 34.5 Å². The Morgan fingerprint density at radius 1 is 0.878 bits per heavy atom. The summed E-state index contributed by atoms with van der Waals surface area (Å²) in [5.74, 6) is -0.0854. The number of amides is 1. The molecule has 3 aromatic heterocycles. The summed E-state index contributed by atoms with van der Waals surface area (Å²) in [6.45, 7) is 0. The fourth-order valence-corrected chi connectivity index (χ4v) is 6.36. The molecular formula is C32H28N6O3. The number of nitrogens with one attached hydrogen (secondary N) is 1. The second-order valence-electron chi connectivity index (χ2n) is 11.2. The van der Waals surface area contributed by atoms with Gasteiger partial charge in [0.05, 0.1) is 17.2 Å². The van der Waals surface area contributed by atoms with E-state index in [0.29, 0.717) is 41.4 Å². The molecule has 9 nitrogen and oxygen atoms in total. The molecule has 204 valence electrons. The van der Waals surface area contributed by atoms with Crippen LogP contribution in [0.5, 0.6) is 0 Å². The lowest BCUT2D eigenvalue weighted by Gasteiger charge is -2.56. The van der Waals surface area contributed by atoms with Crippen molar-refractivity contribution in [2.75, 3.05) is 11.1 Å². The van der Waals surface area contributed by atoms with Gasteiger partial charge in [-0.05, 0) is 79.6 Å². The number of nitrogen functional groups attached to an aromatic ring is 1. The Balaban J connectivity index is 1.18. The Kier molecular flexibility index (Phi) is 5.81. The number of pyridine rings is 2. The molecule has 0 saturated heterocycles. The van der Waals surface area contributed by atoms with Crippen LogP contribution >= 0.6 is 0 Å². The second kappa shape index (κ2) is 9.55. The lowest BCUT2D eigenvalue weighted by molar-refractivity contribution is -0.159. The number of fused-ring (bicyclic) bond motifs is 1. The van der Waals surface area contributed by atoms with Gasteiger partial charge < -0.3 is 16.2 Å². The van der Waals surface area contributed by atoms with Gasteiger partial charge in [-0.2, -0.15) is 0 Å². The van der Waals surface area contributed by atoms with Gasteiger partial charge in [0, 0.05) is 29.1 Å². The fraction of sp³-hybridized carbons (Fsp3) is 0.219. The summed E-state index contributed by atoms with van der Waals surface area (Å²) in [4.78, 5) is 38.2. The molecule has 2 saturated carbocycles. The minimum Gasteiger partial charge on any atom is -0.481 e. The fourth-order valence-electron chi connectivity index (χ4n) is 6.36. The van der Waals surface area contributed by atoms with Gasteiger partial charge in [0.1, 0.15) is 11.3 Å². The Hall–Kier alpha value is -5.05. The highest BCUT2D eigenvalue weighted by atomic mass is 16.4. The number of benzene rings is 2. The minimum atomic E-state index is -0.727. The van der Waals surface area contributed by atoms with Crippen LogP contribution in [-0.2, 0) is 9.59 Å². The Morgan fingerprint density at radius 2 is 1.61 bits per heavy atom. The van der Waals surface area contributed by atoms with E-state index in [2.05, 4.69) is 10.3 Å². The molecule has 4 N–H and O–H groups in total. The molecule has 1 spiro atoms. The number of nitrogens with two attached hydrogens (primary N) is 1. The van der Waals surface area contributed by atoms with Crippen LogP contribution in [0.1, 0.15) is 25.7 Å². The van der Waals surface area contributed by atoms with E-state index in [-0.39, 0.29) is 23.2 Å². The number of aromatic nitrogens is 4. The Bertz CT molecular complexity index is 1780. The number of nitrogens with zero attached hydrogens (tertiary/aromatic N) is 4. The number of carboxylic acids is 1. The van der Waals surface area contributed by atoms with Crippen LogP contribution in [-0.4, -0.2) is 36.5 Å². The van der Waals surface area contributed by atoms with Crippen LogP contribution in [0.15, 0.2) is 85.1 Å². The SMILES string of the molecule is Nc1ncccc1-c1nc2ccc(-c3ccccc3)nc2n1-c1ccc(NC(=O)C2CC3(CC(C(=O)O)C3)C2)cc1. The molecule has 2 fully saturated rings. The van der Waals surface area contributed by atoms with E-state index in [9.17, 15) is 9.59 Å². The molecule has 0 aliphatic heterocycles. The van der Waals surface area contributed by atoms with Crippen molar-refractivity contribution < 1.29 is 14.7 Å². The Labute approximate surface area is 236 Å². The number of imidazole rings is 1. The summed E-state index contributed by atoms with van der Waals surface area (Å²) in [6, 6.07) is 25.2. The summed E-state index contributed by atoms with van der Waals surface area (Å²) in [7, 11) is 0. The largest absolute Gasteiger partial charge is 0.481 e. The maximum atomic E-state index is 12.9. The van der Waals surface area contributed by atoms with Gasteiger partial charge >= 0.3 is 5.97 Å². The van der Waals surface area contributed by atoms with Crippen LogP contribution in [0.25, 0.3) is 39.5 Å². The maximum absolute atomic E-state index is 12.9. The number of hydrogen-bond donors (Lipinski definition) is 3. The molecular weight excluding hydrogens is 516 g/mol. The molecule has 2 aliphatic carbocycles. The van der Waals surface area contributed by atoms with Crippen molar-refractivity contribution in [3.8, 4) is 28.3 Å². The predicted octanol–water partition coefficient (Wildman–Crippen LogP) is 5.56. The summed E-state index contributed by atoms with van der Waals surface area (Å²) in [6.07, 6.45) is 4.53. The van der Waals surface area contributed by atoms with E-state index in [0.717, 1.165) is 35.3 Å². The van der Waals surface area contributed by atoms with Crippen molar-refractivity contribution in [2.45, 2.75) is 25.7 Å². The van der Waals surface area contributed by atoms with Crippen molar-refractivity contribution in [3.63, 3.8) is 0 Å². The number of rotatable bonds is 6. The molecule has 0 unspecified atom stereocenters. The normalized spacial score (nSPS) is 21.3. The topological polar surface area (TPSA) is 136 Å². The summed E-state index contributed by atoms with van der Waals surface area (Å²) in [5.41, 5.74) is 11.8. The first kappa shape index (κ1) is 25.0. The number of aliphatic carboxylic acids is 1. The van der Waals surface area contributed by atoms with Crippen molar-refractivity contribution in [3.05, 3.63) is 85.1 Å².